The fraction of sp³-hybridized carbons (Fsp3) is 0.562. The van der Waals surface area contributed by atoms with Crippen LogP contribution in [0.15, 0.2) is 54.6 Å². The third-order valence-electron chi connectivity index (χ3n) is 8.59. The second-order valence-corrected chi connectivity index (χ2v) is 10.7. The lowest BCUT2D eigenvalue weighted by molar-refractivity contribution is 0.152. The predicted molar refractivity (Wildman–Crippen MR) is 141 cm³/mol. The van der Waals surface area contributed by atoms with Crippen LogP contribution < -0.4 is 0 Å². The highest BCUT2D eigenvalue weighted by Gasteiger charge is 2.30. The summed E-state index contributed by atoms with van der Waals surface area (Å²) in [6, 6.07) is 10.5. The van der Waals surface area contributed by atoms with Crippen molar-refractivity contribution in [3.8, 4) is 0 Å². The van der Waals surface area contributed by atoms with Gasteiger partial charge < -0.3 is 0 Å². The minimum Gasteiger partial charge on any atom is -0.206 e. The Morgan fingerprint density at radius 2 is 1.55 bits per heavy atom. The van der Waals surface area contributed by atoms with E-state index in [4.69, 9.17) is 0 Å². The highest BCUT2D eigenvalue weighted by Crippen LogP contribution is 2.42. The summed E-state index contributed by atoms with van der Waals surface area (Å²) in [5, 5.41) is 1.83. The van der Waals surface area contributed by atoms with Crippen molar-refractivity contribution in [1.29, 1.82) is 0 Å². The number of allylic oxidation sites excluding steroid dienone is 4. The predicted octanol–water partition coefficient (Wildman–Crippen LogP) is 9.61. The average Bonchev–Trinajstić information content (AvgIpc) is 2.85. The molecule has 0 amide bonds. The Morgan fingerprint density at radius 1 is 0.818 bits per heavy atom. The minimum absolute atomic E-state index is 0.0263. The highest BCUT2D eigenvalue weighted by molar-refractivity contribution is 5.84. The highest BCUT2D eigenvalue weighted by atomic mass is 19.1. The summed E-state index contributed by atoms with van der Waals surface area (Å²) in [4.78, 5) is 0. The molecular weight excluding hydrogens is 403 g/mol. The lowest BCUT2D eigenvalue weighted by atomic mass is 9.68. The Bertz CT molecular complexity index is 936. The van der Waals surface area contributed by atoms with E-state index in [9.17, 15) is 4.39 Å². The SMILES string of the molecule is C/C=C/CCc1ccc2cc(CCC3CCC(C4CCC(/C=C/C)CC4)CC3)ccc2c1F. The zero-order chi connectivity index (χ0) is 23.0. The molecule has 0 nitrogen and oxygen atoms in total. The summed E-state index contributed by atoms with van der Waals surface area (Å²) in [6.07, 6.45) is 24.4. The number of benzene rings is 2. The molecule has 1 heteroatoms. The molecule has 2 saturated carbocycles. The van der Waals surface area contributed by atoms with E-state index in [0.29, 0.717) is 0 Å². The number of halogens is 1. The number of hydrogen-bond donors (Lipinski definition) is 0. The topological polar surface area (TPSA) is 0 Å². The van der Waals surface area contributed by atoms with E-state index in [1.54, 1.807) is 0 Å². The zero-order valence-corrected chi connectivity index (χ0v) is 20.9. The van der Waals surface area contributed by atoms with Crippen LogP contribution in [0.4, 0.5) is 4.39 Å². The van der Waals surface area contributed by atoms with Gasteiger partial charge in [-0.3, -0.25) is 0 Å². The Balaban J connectivity index is 1.26. The minimum atomic E-state index is -0.0263. The van der Waals surface area contributed by atoms with Crippen LogP contribution in [0.1, 0.15) is 89.2 Å². The molecule has 178 valence electrons. The van der Waals surface area contributed by atoms with Gasteiger partial charge in [0.15, 0.2) is 0 Å². The molecular formula is C32H43F. The van der Waals surface area contributed by atoms with E-state index in [0.717, 1.165) is 59.3 Å². The van der Waals surface area contributed by atoms with Gasteiger partial charge in [0.25, 0.3) is 0 Å². The molecule has 2 aliphatic rings. The first kappa shape index (κ1) is 24.2. The van der Waals surface area contributed by atoms with Crippen molar-refractivity contribution < 1.29 is 4.39 Å². The summed E-state index contributed by atoms with van der Waals surface area (Å²) in [5.74, 6) is 3.68. The maximum absolute atomic E-state index is 14.9. The zero-order valence-electron chi connectivity index (χ0n) is 20.9. The lowest BCUT2D eigenvalue weighted by Crippen LogP contribution is -2.25. The summed E-state index contributed by atoms with van der Waals surface area (Å²) in [5.41, 5.74) is 2.20. The Kier molecular flexibility index (Phi) is 8.82. The molecule has 0 aromatic heterocycles. The van der Waals surface area contributed by atoms with E-state index in [1.165, 1.54) is 63.4 Å². The first-order valence-electron chi connectivity index (χ1n) is 13.6. The molecule has 4 rings (SSSR count). The molecule has 0 bridgehead atoms. The average molecular weight is 447 g/mol. The van der Waals surface area contributed by atoms with E-state index in [-0.39, 0.29) is 5.82 Å². The van der Waals surface area contributed by atoms with E-state index in [2.05, 4.69) is 43.4 Å². The van der Waals surface area contributed by atoms with Gasteiger partial charge in [0.2, 0.25) is 0 Å². The van der Waals surface area contributed by atoms with Gasteiger partial charge in [0.1, 0.15) is 5.82 Å². The van der Waals surface area contributed by atoms with Crippen LogP contribution in [0.3, 0.4) is 0 Å². The molecule has 2 aromatic rings. The van der Waals surface area contributed by atoms with Crippen LogP contribution in [-0.4, -0.2) is 0 Å². The molecule has 2 aromatic carbocycles. The molecule has 0 atom stereocenters. The van der Waals surface area contributed by atoms with Crippen molar-refractivity contribution in [1.82, 2.24) is 0 Å². The standard InChI is InChI=1S/C32H43F/c1-3-5-6-8-29-20-21-30-23-26(15-22-31(30)32(29)33)10-9-25-13-18-28(19-14-25)27-16-11-24(7-4-2)12-17-27/h3-5,7,15,20-25,27-28H,6,8-14,16-19H2,1-2H3/b5-3+,7-4+. The molecule has 0 saturated heterocycles. The monoisotopic (exact) mass is 446 g/mol. The van der Waals surface area contributed by atoms with Gasteiger partial charge in [-0.15, -0.1) is 0 Å². The third-order valence-corrected chi connectivity index (χ3v) is 8.59. The molecule has 2 aliphatic carbocycles. The number of hydrogen-bond acceptors (Lipinski definition) is 0. The van der Waals surface area contributed by atoms with Crippen LogP contribution in [0.2, 0.25) is 0 Å². The largest absolute Gasteiger partial charge is 0.206 e. The van der Waals surface area contributed by atoms with Gasteiger partial charge in [-0.1, -0.05) is 67.5 Å². The van der Waals surface area contributed by atoms with Gasteiger partial charge in [-0.05, 0) is 118 Å². The lowest BCUT2D eigenvalue weighted by Gasteiger charge is -2.37. The number of rotatable bonds is 8. The summed E-state index contributed by atoms with van der Waals surface area (Å²) in [7, 11) is 0. The molecule has 0 unspecified atom stereocenters. The van der Waals surface area contributed by atoms with E-state index in [1.807, 2.05) is 25.1 Å². The molecule has 0 radical (unpaired) electrons. The Labute approximate surface area is 201 Å². The van der Waals surface area contributed by atoms with Crippen LogP contribution in [0.5, 0.6) is 0 Å². The first-order chi connectivity index (χ1) is 16.2. The fourth-order valence-electron chi connectivity index (χ4n) is 6.54. The molecule has 0 heterocycles. The molecule has 2 fully saturated rings. The van der Waals surface area contributed by atoms with Crippen molar-refractivity contribution in [2.75, 3.05) is 0 Å². The Morgan fingerprint density at radius 3 is 2.24 bits per heavy atom. The summed E-state index contributed by atoms with van der Waals surface area (Å²) < 4.78 is 14.9. The quantitative estimate of drug-likeness (QED) is 0.354. The second kappa shape index (κ2) is 12.0. The smallest absolute Gasteiger partial charge is 0.134 e. The van der Waals surface area contributed by atoms with Crippen LogP contribution in [0.25, 0.3) is 10.8 Å². The molecule has 0 N–H and O–H groups in total. The Hall–Kier alpha value is -1.89. The van der Waals surface area contributed by atoms with Crippen molar-refractivity contribution in [3.63, 3.8) is 0 Å². The van der Waals surface area contributed by atoms with Crippen LogP contribution >= 0.6 is 0 Å². The van der Waals surface area contributed by atoms with Crippen molar-refractivity contribution in [3.05, 3.63) is 71.6 Å². The molecule has 33 heavy (non-hydrogen) atoms. The second-order valence-electron chi connectivity index (χ2n) is 10.7. The van der Waals surface area contributed by atoms with Gasteiger partial charge in [0, 0.05) is 5.39 Å². The van der Waals surface area contributed by atoms with E-state index >= 15 is 0 Å². The van der Waals surface area contributed by atoms with Crippen molar-refractivity contribution in [2.45, 2.75) is 90.9 Å². The van der Waals surface area contributed by atoms with Crippen LogP contribution in [0, 0.1) is 29.5 Å². The van der Waals surface area contributed by atoms with Gasteiger partial charge >= 0.3 is 0 Å². The summed E-state index contributed by atoms with van der Waals surface area (Å²) in [6.45, 7) is 4.17. The van der Waals surface area contributed by atoms with Gasteiger partial charge in [-0.2, -0.15) is 0 Å². The van der Waals surface area contributed by atoms with Crippen molar-refractivity contribution >= 4 is 10.8 Å². The van der Waals surface area contributed by atoms with Gasteiger partial charge in [-0.25, -0.2) is 4.39 Å². The van der Waals surface area contributed by atoms with E-state index < -0.39 is 0 Å². The number of aryl methyl sites for hydroxylation is 2. The maximum Gasteiger partial charge on any atom is 0.134 e. The molecule has 0 aliphatic heterocycles. The fourth-order valence-corrected chi connectivity index (χ4v) is 6.54. The van der Waals surface area contributed by atoms with Gasteiger partial charge in [0.05, 0.1) is 0 Å². The number of fused-ring (bicyclic) bond motifs is 1. The third kappa shape index (κ3) is 6.37. The van der Waals surface area contributed by atoms with Crippen molar-refractivity contribution in [2.24, 2.45) is 23.7 Å². The first-order valence-corrected chi connectivity index (χ1v) is 13.6. The molecule has 0 spiro atoms. The summed E-state index contributed by atoms with van der Waals surface area (Å²) >= 11 is 0. The van der Waals surface area contributed by atoms with Crippen LogP contribution in [-0.2, 0) is 12.8 Å². The normalized spacial score (nSPS) is 26.5. The maximum atomic E-state index is 14.9.